The Morgan fingerprint density at radius 2 is 2.12 bits per heavy atom. The maximum atomic E-state index is 11.8. The number of aromatic nitrogens is 2. The SMILES string of the molecule is COc1ccc(Nc2ncnc3sc4c(c23)CCC4)cc1S(N)(=O)=O. The number of anilines is 2. The van der Waals surface area contributed by atoms with Crippen LogP contribution in [-0.2, 0) is 22.9 Å². The van der Waals surface area contributed by atoms with Crippen molar-refractivity contribution >= 4 is 43.1 Å². The highest BCUT2D eigenvalue weighted by atomic mass is 32.2. The van der Waals surface area contributed by atoms with E-state index in [9.17, 15) is 8.42 Å². The van der Waals surface area contributed by atoms with Gasteiger partial charge in [0.25, 0.3) is 0 Å². The van der Waals surface area contributed by atoms with Gasteiger partial charge in [-0.1, -0.05) is 0 Å². The normalized spacial score (nSPS) is 13.8. The number of aryl methyl sites for hydroxylation is 2. The molecule has 130 valence electrons. The van der Waals surface area contributed by atoms with Gasteiger partial charge >= 0.3 is 0 Å². The number of benzene rings is 1. The molecule has 0 amide bonds. The molecular weight excluding hydrogens is 360 g/mol. The molecule has 0 spiro atoms. The molecule has 0 saturated heterocycles. The molecule has 0 saturated carbocycles. The molecule has 1 aromatic carbocycles. The molecule has 7 nitrogen and oxygen atoms in total. The quantitative estimate of drug-likeness (QED) is 0.725. The van der Waals surface area contributed by atoms with E-state index in [0.717, 1.165) is 29.5 Å². The van der Waals surface area contributed by atoms with Crippen LogP contribution in [0, 0.1) is 0 Å². The lowest BCUT2D eigenvalue weighted by molar-refractivity contribution is 0.403. The molecule has 2 heterocycles. The van der Waals surface area contributed by atoms with E-state index in [4.69, 9.17) is 9.88 Å². The van der Waals surface area contributed by atoms with Gasteiger partial charge in [0.05, 0.1) is 12.5 Å². The first-order valence-electron chi connectivity index (χ1n) is 7.70. The molecule has 0 radical (unpaired) electrons. The molecule has 3 N–H and O–H groups in total. The van der Waals surface area contributed by atoms with Crippen LogP contribution in [-0.4, -0.2) is 25.5 Å². The predicted octanol–water partition coefficient (Wildman–Crippen LogP) is 2.58. The van der Waals surface area contributed by atoms with Crippen molar-refractivity contribution in [2.24, 2.45) is 5.14 Å². The number of ether oxygens (including phenoxy) is 1. The Bertz CT molecular complexity index is 1080. The lowest BCUT2D eigenvalue weighted by Gasteiger charge is -2.11. The van der Waals surface area contributed by atoms with E-state index < -0.39 is 10.0 Å². The molecule has 1 aliphatic carbocycles. The number of nitrogens with zero attached hydrogens (tertiary/aromatic N) is 2. The fraction of sp³-hybridized carbons (Fsp3) is 0.250. The fourth-order valence-corrected chi connectivity index (χ4v) is 5.09. The molecule has 4 rings (SSSR count). The van der Waals surface area contributed by atoms with Gasteiger partial charge in [-0.05, 0) is 43.0 Å². The van der Waals surface area contributed by atoms with Crippen LogP contribution in [0.1, 0.15) is 16.9 Å². The second-order valence-corrected chi connectivity index (χ2v) is 8.41. The summed E-state index contributed by atoms with van der Waals surface area (Å²) in [5, 5.41) is 9.51. The molecule has 0 aliphatic heterocycles. The number of sulfonamides is 1. The lowest BCUT2D eigenvalue weighted by Crippen LogP contribution is -2.13. The molecule has 2 aromatic heterocycles. The van der Waals surface area contributed by atoms with Gasteiger partial charge in [0.1, 0.15) is 27.6 Å². The number of primary sulfonamides is 1. The zero-order valence-corrected chi connectivity index (χ0v) is 15.1. The predicted molar refractivity (Wildman–Crippen MR) is 97.1 cm³/mol. The molecule has 0 fully saturated rings. The summed E-state index contributed by atoms with van der Waals surface area (Å²) in [5.74, 6) is 0.882. The molecule has 0 atom stereocenters. The van der Waals surface area contributed by atoms with Gasteiger partial charge in [-0.25, -0.2) is 23.5 Å². The van der Waals surface area contributed by atoms with Crippen molar-refractivity contribution < 1.29 is 13.2 Å². The number of nitrogens with two attached hydrogens (primary N) is 1. The van der Waals surface area contributed by atoms with E-state index in [-0.39, 0.29) is 10.6 Å². The second-order valence-electron chi connectivity index (χ2n) is 5.80. The number of hydrogen-bond acceptors (Lipinski definition) is 7. The minimum absolute atomic E-state index is 0.0687. The van der Waals surface area contributed by atoms with E-state index in [0.29, 0.717) is 11.5 Å². The standard InChI is InChI=1S/C16H16N4O3S2/c1-23-11-6-5-9(7-13(11)25(17,21)22)20-15-14-10-3-2-4-12(10)24-16(14)19-8-18-15/h5-8H,2-4H2,1H3,(H2,17,21,22)(H,18,19,20). The van der Waals surface area contributed by atoms with Crippen molar-refractivity contribution in [3.63, 3.8) is 0 Å². The van der Waals surface area contributed by atoms with Crippen molar-refractivity contribution in [3.8, 4) is 5.75 Å². The average molecular weight is 376 g/mol. The number of fused-ring (bicyclic) bond motifs is 3. The van der Waals surface area contributed by atoms with Crippen molar-refractivity contribution in [1.29, 1.82) is 0 Å². The minimum Gasteiger partial charge on any atom is -0.495 e. The monoisotopic (exact) mass is 376 g/mol. The van der Waals surface area contributed by atoms with Gasteiger partial charge < -0.3 is 10.1 Å². The molecule has 0 unspecified atom stereocenters. The summed E-state index contributed by atoms with van der Waals surface area (Å²) >= 11 is 1.70. The Morgan fingerprint density at radius 1 is 1.28 bits per heavy atom. The van der Waals surface area contributed by atoms with Crippen molar-refractivity contribution in [2.45, 2.75) is 24.2 Å². The van der Waals surface area contributed by atoms with Gasteiger partial charge in [-0.15, -0.1) is 11.3 Å². The number of methoxy groups -OCH3 is 1. The number of nitrogens with one attached hydrogen (secondary N) is 1. The Hall–Kier alpha value is -2.23. The van der Waals surface area contributed by atoms with Gasteiger partial charge in [-0.3, -0.25) is 0 Å². The minimum atomic E-state index is -3.90. The van der Waals surface area contributed by atoms with Gasteiger partial charge in [0, 0.05) is 10.6 Å². The summed E-state index contributed by atoms with van der Waals surface area (Å²) in [6.45, 7) is 0. The maximum Gasteiger partial charge on any atom is 0.241 e. The molecular formula is C16H16N4O3S2. The van der Waals surface area contributed by atoms with Gasteiger partial charge in [0.2, 0.25) is 10.0 Å². The Balaban J connectivity index is 1.80. The number of hydrogen-bond donors (Lipinski definition) is 2. The summed E-state index contributed by atoms with van der Waals surface area (Å²) in [6, 6.07) is 4.75. The summed E-state index contributed by atoms with van der Waals surface area (Å²) in [6.07, 6.45) is 4.75. The second kappa shape index (κ2) is 5.94. The van der Waals surface area contributed by atoms with Crippen LogP contribution in [0.25, 0.3) is 10.2 Å². The average Bonchev–Trinajstić information content (AvgIpc) is 3.15. The van der Waals surface area contributed by atoms with Crippen molar-refractivity contribution in [3.05, 3.63) is 35.0 Å². The number of rotatable bonds is 4. The van der Waals surface area contributed by atoms with Crippen LogP contribution in [0.15, 0.2) is 29.4 Å². The molecule has 3 aromatic rings. The maximum absolute atomic E-state index is 11.8. The number of thiophene rings is 1. The summed E-state index contributed by atoms with van der Waals surface area (Å²) in [5.41, 5.74) is 1.87. The third-order valence-electron chi connectivity index (χ3n) is 4.23. The van der Waals surface area contributed by atoms with Gasteiger partial charge in [-0.2, -0.15) is 0 Å². The van der Waals surface area contributed by atoms with Crippen LogP contribution >= 0.6 is 11.3 Å². The summed E-state index contributed by atoms with van der Waals surface area (Å²) in [4.78, 5) is 11.0. The van der Waals surface area contributed by atoms with E-state index in [1.807, 2.05) is 0 Å². The van der Waals surface area contributed by atoms with Crippen LogP contribution in [0.2, 0.25) is 0 Å². The molecule has 1 aliphatic rings. The van der Waals surface area contributed by atoms with E-state index in [1.165, 1.54) is 29.9 Å². The van der Waals surface area contributed by atoms with Crippen molar-refractivity contribution in [2.75, 3.05) is 12.4 Å². The Kier molecular flexibility index (Phi) is 3.86. The van der Waals surface area contributed by atoms with E-state index >= 15 is 0 Å². The smallest absolute Gasteiger partial charge is 0.241 e. The Labute approximate surface area is 148 Å². The topological polar surface area (TPSA) is 107 Å². The first kappa shape index (κ1) is 16.2. The van der Waals surface area contributed by atoms with Crippen LogP contribution in [0.5, 0.6) is 5.75 Å². The van der Waals surface area contributed by atoms with Crippen molar-refractivity contribution in [1.82, 2.24) is 9.97 Å². The zero-order valence-electron chi connectivity index (χ0n) is 13.4. The van der Waals surface area contributed by atoms with Gasteiger partial charge in [0.15, 0.2) is 0 Å². The third kappa shape index (κ3) is 2.84. The first-order chi connectivity index (χ1) is 12.0. The van der Waals surface area contributed by atoms with Crippen LogP contribution < -0.4 is 15.2 Å². The van der Waals surface area contributed by atoms with E-state index in [1.54, 1.807) is 23.5 Å². The summed E-state index contributed by atoms with van der Waals surface area (Å²) < 4.78 is 28.7. The summed E-state index contributed by atoms with van der Waals surface area (Å²) in [7, 11) is -2.49. The zero-order chi connectivity index (χ0) is 17.6. The fourth-order valence-electron chi connectivity index (χ4n) is 3.14. The molecule has 0 bridgehead atoms. The molecule has 25 heavy (non-hydrogen) atoms. The lowest BCUT2D eigenvalue weighted by atomic mass is 10.2. The highest BCUT2D eigenvalue weighted by Crippen LogP contribution is 2.40. The largest absolute Gasteiger partial charge is 0.495 e. The Morgan fingerprint density at radius 3 is 2.88 bits per heavy atom. The van der Waals surface area contributed by atoms with Crippen LogP contribution in [0.4, 0.5) is 11.5 Å². The highest BCUT2D eigenvalue weighted by Gasteiger charge is 2.22. The first-order valence-corrected chi connectivity index (χ1v) is 10.1. The van der Waals surface area contributed by atoms with E-state index in [2.05, 4.69) is 15.3 Å². The molecule has 9 heteroatoms. The highest BCUT2D eigenvalue weighted by molar-refractivity contribution is 7.89. The van der Waals surface area contributed by atoms with Crippen LogP contribution in [0.3, 0.4) is 0 Å². The third-order valence-corrected chi connectivity index (χ3v) is 6.37.